The van der Waals surface area contributed by atoms with Crippen molar-refractivity contribution in [1.29, 1.82) is 0 Å². The number of aromatic nitrogens is 1. The van der Waals surface area contributed by atoms with E-state index in [1.54, 1.807) is 52.0 Å². The number of rotatable bonds is 9. The molecule has 3 rings (SSSR count). The molecule has 0 fully saturated rings. The summed E-state index contributed by atoms with van der Waals surface area (Å²) in [6.07, 6.45) is -4.99. The van der Waals surface area contributed by atoms with Gasteiger partial charge < -0.3 is 24.8 Å². The Kier molecular flexibility index (Phi) is 9.59. The van der Waals surface area contributed by atoms with Gasteiger partial charge in [0.1, 0.15) is 11.3 Å². The Bertz CT molecular complexity index is 1420. The van der Waals surface area contributed by atoms with Gasteiger partial charge in [0.2, 0.25) is 5.88 Å². The van der Waals surface area contributed by atoms with Crippen LogP contribution >= 0.6 is 0 Å². The van der Waals surface area contributed by atoms with Crippen LogP contribution < -0.4 is 15.0 Å². The number of hydrogen-bond donors (Lipinski definition) is 2. The zero-order valence-corrected chi connectivity index (χ0v) is 23.1. The second kappa shape index (κ2) is 12.7. The quantitative estimate of drug-likeness (QED) is 0.297. The van der Waals surface area contributed by atoms with Crippen molar-refractivity contribution in [1.82, 2.24) is 10.3 Å². The first-order valence-corrected chi connectivity index (χ1v) is 12.6. The van der Waals surface area contributed by atoms with Crippen molar-refractivity contribution in [3.63, 3.8) is 0 Å². The minimum absolute atomic E-state index is 0.0362. The van der Waals surface area contributed by atoms with E-state index in [4.69, 9.17) is 9.47 Å². The number of pyridine rings is 1. The van der Waals surface area contributed by atoms with Gasteiger partial charge in [0.15, 0.2) is 0 Å². The van der Waals surface area contributed by atoms with E-state index in [-0.39, 0.29) is 29.1 Å². The molecule has 0 aliphatic heterocycles. The van der Waals surface area contributed by atoms with Crippen LogP contribution in [0.3, 0.4) is 0 Å². The maximum Gasteiger partial charge on any atom is 0.421 e. The molecular formula is C29H30F3N3O6. The van der Waals surface area contributed by atoms with E-state index in [9.17, 15) is 32.7 Å². The number of carboxylic acids is 1. The first-order chi connectivity index (χ1) is 19.2. The van der Waals surface area contributed by atoms with E-state index < -0.39 is 47.7 Å². The molecule has 0 aliphatic carbocycles. The van der Waals surface area contributed by atoms with E-state index in [2.05, 4.69) is 10.3 Å². The maximum atomic E-state index is 13.9. The van der Waals surface area contributed by atoms with E-state index in [0.717, 1.165) is 23.9 Å². The molecule has 0 radical (unpaired) electrons. The number of aryl methyl sites for hydroxylation is 1. The molecule has 1 aromatic heterocycles. The minimum Gasteiger partial charge on any atom is -0.478 e. The highest BCUT2D eigenvalue weighted by molar-refractivity contribution is 6.09. The number of ether oxygens (including phenoxy) is 2. The highest BCUT2D eigenvalue weighted by atomic mass is 19.4. The molecular weight excluding hydrogens is 543 g/mol. The molecule has 0 saturated carbocycles. The maximum absolute atomic E-state index is 13.9. The molecule has 0 atom stereocenters. The van der Waals surface area contributed by atoms with Crippen LogP contribution in [0.4, 0.5) is 23.7 Å². The number of anilines is 1. The van der Waals surface area contributed by atoms with E-state index >= 15 is 0 Å². The topological polar surface area (TPSA) is 118 Å². The summed E-state index contributed by atoms with van der Waals surface area (Å²) in [6.45, 7) is 8.25. The lowest BCUT2D eigenvalue weighted by Crippen LogP contribution is -2.38. The summed E-state index contributed by atoms with van der Waals surface area (Å²) < 4.78 is 51.9. The Morgan fingerprint density at radius 1 is 1.02 bits per heavy atom. The summed E-state index contributed by atoms with van der Waals surface area (Å²) in [5, 5.41) is 12.3. The lowest BCUT2D eigenvalue weighted by Gasteiger charge is -2.28. The first-order valence-electron chi connectivity index (χ1n) is 12.6. The van der Waals surface area contributed by atoms with Gasteiger partial charge in [0, 0.05) is 24.3 Å². The largest absolute Gasteiger partial charge is 0.478 e. The SMILES string of the molecule is Cc1ccc(C(=O)N(c2ccc(Oc3ncc(CNC(=O)OC(C)C)cc3C(F)(F)F)cc2C(=O)O)C(C)C)cc1. The third kappa shape index (κ3) is 7.96. The number of benzene rings is 2. The van der Waals surface area contributed by atoms with Gasteiger partial charge in [-0.05, 0) is 76.6 Å². The predicted molar refractivity (Wildman–Crippen MR) is 144 cm³/mol. The molecule has 3 aromatic rings. The van der Waals surface area contributed by atoms with Gasteiger partial charge in [0.25, 0.3) is 5.91 Å². The van der Waals surface area contributed by atoms with Gasteiger partial charge >= 0.3 is 18.2 Å². The standard InChI is InChI=1S/C29H30F3N3O6/c1-16(2)35(26(36)20-8-6-18(5)7-9-20)24-11-10-21(13-22(24)27(37)38)41-25-23(29(30,31)32)12-19(14-33-25)15-34-28(39)40-17(3)4/h6-14,16-17H,15H2,1-5H3,(H,34,39)(H,37,38). The van der Waals surface area contributed by atoms with Crippen molar-refractivity contribution < 1.29 is 42.1 Å². The minimum atomic E-state index is -4.87. The van der Waals surface area contributed by atoms with Crippen LogP contribution in [0.2, 0.25) is 0 Å². The lowest BCUT2D eigenvalue weighted by molar-refractivity contribution is -0.138. The number of carbonyl (C=O) groups excluding carboxylic acids is 2. The van der Waals surface area contributed by atoms with Crippen molar-refractivity contribution in [2.45, 2.75) is 59.5 Å². The van der Waals surface area contributed by atoms with Gasteiger partial charge in [0.05, 0.1) is 17.4 Å². The van der Waals surface area contributed by atoms with E-state index in [0.29, 0.717) is 5.56 Å². The third-order valence-electron chi connectivity index (χ3n) is 5.70. The summed E-state index contributed by atoms with van der Waals surface area (Å²) in [7, 11) is 0. The number of aromatic carboxylic acids is 1. The van der Waals surface area contributed by atoms with Crippen LogP contribution in [0.25, 0.3) is 0 Å². The number of amides is 2. The number of nitrogens with one attached hydrogen (secondary N) is 1. The lowest BCUT2D eigenvalue weighted by atomic mass is 10.1. The van der Waals surface area contributed by atoms with Crippen molar-refractivity contribution in [3.8, 4) is 11.6 Å². The van der Waals surface area contributed by atoms with Crippen LogP contribution in [-0.2, 0) is 17.5 Å². The second-order valence-electron chi connectivity index (χ2n) is 9.72. The first kappa shape index (κ1) is 30.9. The Morgan fingerprint density at radius 2 is 1.68 bits per heavy atom. The number of alkyl halides is 3. The second-order valence-corrected chi connectivity index (χ2v) is 9.72. The summed E-state index contributed by atoms with van der Waals surface area (Å²) in [5.41, 5.74) is -0.219. The summed E-state index contributed by atoms with van der Waals surface area (Å²) in [5.74, 6) is -2.90. The molecule has 0 aliphatic rings. The van der Waals surface area contributed by atoms with Crippen LogP contribution in [-0.4, -0.2) is 40.2 Å². The number of carbonyl (C=O) groups is 3. The molecule has 0 bridgehead atoms. The molecule has 1 heterocycles. The summed E-state index contributed by atoms with van der Waals surface area (Å²) in [6, 6.07) is 10.7. The summed E-state index contributed by atoms with van der Waals surface area (Å²) in [4.78, 5) is 42.3. The van der Waals surface area contributed by atoms with Crippen molar-refractivity contribution >= 4 is 23.7 Å². The Hall–Kier alpha value is -4.61. The molecule has 9 nitrogen and oxygen atoms in total. The zero-order valence-electron chi connectivity index (χ0n) is 23.1. The molecule has 0 saturated heterocycles. The monoisotopic (exact) mass is 573 g/mol. The van der Waals surface area contributed by atoms with Gasteiger partial charge in [-0.3, -0.25) is 4.79 Å². The van der Waals surface area contributed by atoms with Crippen molar-refractivity contribution in [2.24, 2.45) is 0 Å². The summed E-state index contributed by atoms with van der Waals surface area (Å²) >= 11 is 0. The molecule has 2 aromatic carbocycles. The number of alkyl carbamates (subject to hydrolysis) is 1. The fourth-order valence-electron chi connectivity index (χ4n) is 3.84. The highest BCUT2D eigenvalue weighted by Gasteiger charge is 2.36. The smallest absolute Gasteiger partial charge is 0.421 e. The Labute approximate surface area is 234 Å². The Morgan fingerprint density at radius 3 is 2.24 bits per heavy atom. The zero-order chi connectivity index (χ0) is 30.5. The van der Waals surface area contributed by atoms with Gasteiger partial charge in [-0.15, -0.1) is 0 Å². The molecule has 41 heavy (non-hydrogen) atoms. The number of hydrogen-bond acceptors (Lipinski definition) is 6. The number of carboxylic acid groups (broad SMARTS) is 1. The van der Waals surface area contributed by atoms with Gasteiger partial charge in [-0.2, -0.15) is 13.2 Å². The van der Waals surface area contributed by atoms with Gasteiger partial charge in [-0.25, -0.2) is 14.6 Å². The van der Waals surface area contributed by atoms with Crippen LogP contribution in [0.1, 0.15) is 65.1 Å². The highest BCUT2D eigenvalue weighted by Crippen LogP contribution is 2.38. The molecule has 0 spiro atoms. The average molecular weight is 574 g/mol. The molecule has 0 unspecified atom stereocenters. The van der Waals surface area contributed by atoms with Crippen LogP contribution in [0.15, 0.2) is 54.7 Å². The third-order valence-corrected chi connectivity index (χ3v) is 5.70. The van der Waals surface area contributed by atoms with Crippen molar-refractivity contribution in [3.05, 3.63) is 82.5 Å². The molecule has 2 amide bonds. The normalized spacial score (nSPS) is 11.4. The fraction of sp³-hybridized carbons (Fsp3) is 0.310. The van der Waals surface area contributed by atoms with Crippen LogP contribution in [0, 0.1) is 6.92 Å². The predicted octanol–water partition coefficient (Wildman–Crippen LogP) is 6.59. The fourth-order valence-corrected chi connectivity index (χ4v) is 3.84. The van der Waals surface area contributed by atoms with Crippen LogP contribution in [0.5, 0.6) is 11.6 Å². The van der Waals surface area contributed by atoms with E-state index in [1.165, 1.54) is 17.0 Å². The number of nitrogens with zero attached hydrogens (tertiary/aromatic N) is 2. The van der Waals surface area contributed by atoms with Crippen molar-refractivity contribution in [2.75, 3.05) is 4.90 Å². The Balaban J connectivity index is 1.94. The van der Waals surface area contributed by atoms with Gasteiger partial charge in [-0.1, -0.05) is 17.7 Å². The average Bonchev–Trinajstić information content (AvgIpc) is 2.88. The number of halogens is 3. The molecule has 2 N–H and O–H groups in total. The molecule has 218 valence electrons. The molecule has 12 heteroatoms. The van der Waals surface area contributed by atoms with E-state index in [1.807, 2.05) is 6.92 Å².